The van der Waals surface area contributed by atoms with Crippen molar-refractivity contribution in [2.24, 2.45) is 5.73 Å². The van der Waals surface area contributed by atoms with Crippen molar-refractivity contribution in [3.63, 3.8) is 0 Å². The van der Waals surface area contributed by atoms with Crippen molar-refractivity contribution < 1.29 is 9.59 Å². The van der Waals surface area contributed by atoms with Crippen molar-refractivity contribution in [3.05, 3.63) is 59.0 Å². The van der Waals surface area contributed by atoms with Crippen LogP contribution < -0.4 is 16.2 Å². The van der Waals surface area contributed by atoms with Gasteiger partial charge in [-0.1, -0.05) is 6.07 Å². The van der Waals surface area contributed by atoms with Gasteiger partial charge in [0.25, 0.3) is 11.5 Å². The molecule has 2 fully saturated rings. The van der Waals surface area contributed by atoms with E-state index in [1.165, 1.54) is 20.4 Å². The second-order valence-corrected chi connectivity index (χ2v) is 5.97. The molecule has 2 atom stereocenters. The van der Waals surface area contributed by atoms with Gasteiger partial charge in [0.15, 0.2) is 0 Å². The Morgan fingerprint density at radius 1 is 0.958 bits per heavy atom. The molecule has 0 spiro atoms. The summed E-state index contributed by atoms with van der Waals surface area (Å²) in [6.07, 6.45) is 2.31. The SMILES string of the molecule is N[C@@H]1CCN2C(=O)N(c3ccc(-n4ccccc4=O)cc3)C(=O)C12. The van der Waals surface area contributed by atoms with Gasteiger partial charge in [-0.15, -0.1) is 0 Å². The quantitative estimate of drug-likeness (QED) is 0.824. The van der Waals surface area contributed by atoms with Crippen molar-refractivity contribution in [2.75, 3.05) is 11.4 Å². The first-order valence-electron chi connectivity index (χ1n) is 7.76. The number of aromatic nitrogens is 1. The Morgan fingerprint density at radius 3 is 2.33 bits per heavy atom. The summed E-state index contributed by atoms with van der Waals surface area (Å²) in [5.74, 6) is -0.283. The molecule has 1 unspecified atom stereocenters. The van der Waals surface area contributed by atoms with Crippen LogP contribution in [0, 0.1) is 0 Å². The molecule has 3 heterocycles. The lowest BCUT2D eigenvalue weighted by atomic mass is 10.1. The summed E-state index contributed by atoms with van der Waals surface area (Å²) in [6.45, 7) is 0.504. The molecule has 0 saturated carbocycles. The number of hydrogen-bond donors (Lipinski definition) is 1. The molecule has 2 saturated heterocycles. The zero-order chi connectivity index (χ0) is 16.8. The van der Waals surface area contributed by atoms with E-state index in [1.54, 1.807) is 42.6 Å². The minimum absolute atomic E-state index is 0.148. The van der Waals surface area contributed by atoms with Gasteiger partial charge in [0.05, 0.1) is 5.69 Å². The Hall–Kier alpha value is -2.93. The molecule has 2 aliphatic heterocycles. The molecule has 3 amide bonds. The zero-order valence-corrected chi connectivity index (χ0v) is 12.8. The van der Waals surface area contributed by atoms with Crippen LogP contribution in [0.25, 0.3) is 5.69 Å². The number of fused-ring (bicyclic) bond motifs is 1. The summed E-state index contributed by atoms with van der Waals surface area (Å²) in [4.78, 5) is 39.6. The number of anilines is 1. The topological polar surface area (TPSA) is 88.6 Å². The molecule has 0 bridgehead atoms. The fourth-order valence-electron chi connectivity index (χ4n) is 3.34. The molecule has 7 heteroatoms. The molecule has 2 aromatic rings. The number of benzene rings is 1. The standard InChI is InChI=1S/C17H16N4O3/c18-13-8-10-20-15(13)16(23)21(17(20)24)12-6-4-11(5-7-12)19-9-2-1-3-14(19)22/h1-7,9,13,15H,8,10,18H2/t13-,15?/m1/s1. The van der Waals surface area contributed by atoms with Crippen LogP contribution in [0.2, 0.25) is 0 Å². The normalized spacial score (nSPS) is 23.0. The Kier molecular flexibility index (Phi) is 3.24. The summed E-state index contributed by atoms with van der Waals surface area (Å²) in [7, 11) is 0. The second-order valence-electron chi connectivity index (χ2n) is 5.97. The van der Waals surface area contributed by atoms with Crippen LogP contribution in [0.4, 0.5) is 10.5 Å². The summed E-state index contributed by atoms with van der Waals surface area (Å²) in [6, 6.07) is 10.4. The van der Waals surface area contributed by atoms with Crippen LogP contribution in [0.1, 0.15) is 6.42 Å². The number of nitrogens with two attached hydrogens (primary N) is 1. The van der Waals surface area contributed by atoms with E-state index in [4.69, 9.17) is 5.73 Å². The Balaban J connectivity index is 1.67. The third kappa shape index (κ3) is 2.05. The van der Waals surface area contributed by atoms with Gasteiger partial charge in [-0.3, -0.25) is 14.2 Å². The van der Waals surface area contributed by atoms with Gasteiger partial charge < -0.3 is 10.6 Å². The first kappa shape index (κ1) is 14.6. The lowest BCUT2D eigenvalue weighted by Gasteiger charge is -2.16. The van der Waals surface area contributed by atoms with E-state index >= 15 is 0 Å². The predicted octanol–water partition coefficient (Wildman–Crippen LogP) is 0.706. The van der Waals surface area contributed by atoms with E-state index in [0.29, 0.717) is 24.3 Å². The van der Waals surface area contributed by atoms with E-state index in [2.05, 4.69) is 0 Å². The molecular weight excluding hydrogens is 308 g/mol. The third-order valence-corrected chi connectivity index (χ3v) is 4.56. The van der Waals surface area contributed by atoms with Gasteiger partial charge in [0.2, 0.25) is 0 Å². The first-order valence-corrected chi connectivity index (χ1v) is 7.76. The van der Waals surface area contributed by atoms with E-state index in [1.807, 2.05) is 0 Å². The van der Waals surface area contributed by atoms with Crippen LogP contribution in [-0.2, 0) is 4.79 Å². The second kappa shape index (κ2) is 5.31. The van der Waals surface area contributed by atoms with E-state index in [9.17, 15) is 14.4 Å². The van der Waals surface area contributed by atoms with E-state index in [-0.39, 0.29) is 23.5 Å². The summed E-state index contributed by atoms with van der Waals surface area (Å²) >= 11 is 0. The monoisotopic (exact) mass is 324 g/mol. The number of carbonyl (C=O) groups excluding carboxylic acids is 2. The van der Waals surface area contributed by atoms with Gasteiger partial charge >= 0.3 is 6.03 Å². The first-order chi connectivity index (χ1) is 11.6. The highest BCUT2D eigenvalue weighted by atomic mass is 16.2. The number of nitrogens with zero attached hydrogens (tertiary/aromatic N) is 3. The molecule has 24 heavy (non-hydrogen) atoms. The fraction of sp³-hybridized carbons (Fsp3) is 0.235. The average molecular weight is 324 g/mol. The van der Waals surface area contributed by atoms with Crippen molar-refractivity contribution in [1.82, 2.24) is 9.47 Å². The largest absolute Gasteiger partial charge is 0.332 e. The third-order valence-electron chi connectivity index (χ3n) is 4.56. The van der Waals surface area contributed by atoms with Crippen LogP contribution in [0.15, 0.2) is 53.5 Å². The molecule has 122 valence electrons. The van der Waals surface area contributed by atoms with Gasteiger partial charge in [-0.05, 0) is 36.8 Å². The number of amides is 3. The van der Waals surface area contributed by atoms with Crippen molar-refractivity contribution in [2.45, 2.75) is 18.5 Å². The van der Waals surface area contributed by atoms with Crippen LogP contribution in [0.3, 0.4) is 0 Å². The molecule has 1 aromatic carbocycles. The van der Waals surface area contributed by atoms with Gasteiger partial charge in [0.1, 0.15) is 6.04 Å². The predicted molar refractivity (Wildman–Crippen MR) is 88.0 cm³/mol. The highest BCUT2D eigenvalue weighted by Crippen LogP contribution is 2.31. The van der Waals surface area contributed by atoms with Crippen LogP contribution in [-0.4, -0.2) is 40.0 Å². The molecule has 4 rings (SSSR count). The highest BCUT2D eigenvalue weighted by molar-refractivity contribution is 6.21. The minimum atomic E-state index is -0.561. The van der Waals surface area contributed by atoms with Crippen molar-refractivity contribution in [3.8, 4) is 5.69 Å². The minimum Gasteiger partial charge on any atom is -0.325 e. The number of urea groups is 1. The lowest BCUT2D eigenvalue weighted by Crippen LogP contribution is -2.41. The maximum Gasteiger partial charge on any atom is 0.332 e. The molecule has 2 aliphatic rings. The number of imide groups is 1. The van der Waals surface area contributed by atoms with Crippen molar-refractivity contribution >= 4 is 17.6 Å². The summed E-state index contributed by atoms with van der Waals surface area (Å²) in [5.41, 5.74) is 6.95. The Labute approximate surface area is 137 Å². The number of carbonyl (C=O) groups is 2. The van der Waals surface area contributed by atoms with Gasteiger partial charge in [-0.2, -0.15) is 0 Å². The molecule has 2 N–H and O–H groups in total. The average Bonchev–Trinajstić information content (AvgIpc) is 3.08. The zero-order valence-electron chi connectivity index (χ0n) is 12.8. The smallest absolute Gasteiger partial charge is 0.325 e. The summed E-state index contributed by atoms with van der Waals surface area (Å²) < 4.78 is 1.49. The number of rotatable bonds is 2. The molecular formula is C17H16N4O3. The molecule has 0 aliphatic carbocycles. The number of hydrogen-bond acceptors (Lipinski definition) is 4. The highest BCUT2D eigenvalue weighted by Gasteiger charge is 2.51. The van der Waals surface area contributed by atoms with E-state index in [0.717, 1.165) is 0 Å². The van der Waals surface area contributed by atoms with Crippen LogP contribution >= 0.6 is 0 Å². The summed E-state index contributed by atoms with van der Waals surface area (Å²) in [5, 5.41) is 0. The van der Waals surface area contributed by atoms with E-state index < -0.39 is 6.04 Å². The molecule has 7 nitrogen and oxygen atoms in total. The molecule has 1 aromatic heterocycles. The van der Waals surface area contributed by atoms with Crippen molar-refractivity contribution in [1.29, 1.82) is 0 Å². The number of pyridine rings is 1. The Bertz CT molecular complexity index is 874. The molecule has 0 radical (unpaired) electrons. The Morgan fingerprint density at radius 2 is 1.67 bits per heavy atom. The van der Waals surface area contributed by atoms with Gasteiger partial charge in [-0.25, -0.2) is 9.69 Å². The fourth-order valence-corrected chi connectivity index (χ4v) is 3.34. The van der Waals surface area contributed by atoms with Crippen LogP contribution in [0.5, 0.6) is 0 Å². The lowest BCUT2D eigenvalue weighted by molar-refractivity contribution is -0.119. The maximum absolute atomic E-state index is 12.5. The maximum atomic E-state index is 12.5. The van der Waals surface area contributed by atoms with Gasteiger partial charge in [0, 0.05) is 30.5 Å².